The van der Waals surface area contributed by atoms with Crippen molar-refractivity contribution in [2.24, 2.45) is 0 Å². The van der Waals surface area contributed by atoms with E-state index in [2.05, 4.69) is 11.6 Å². The molecule has 1 unspecified atom stereocenters. The third kappa shape index (κ3) is 5.58. The van der Waals surface area contributed by atoms with Crippen LogP contribution in [-0.4, -0.2) is 65.0 Å². The van der Waals surface area contributed by atoms with Crippen LogP contribution < -0.4 is 5.56 Å². The van der Waals surface area contributed by atoms with Gasteiger partial charge in [0.15, 0.2) is 5.16 Å². The molecule has 3 rings (SSSR count). The van der Waals surface area contributed by atoms with Crippen LogP contribution in [0.1, 0.15) is 37.0 Å². The summed E-state index contributed by atoms with van der Waals surface area (Å²) in [5.74, 6) is -0.414. The number of aromatic nitrogens is 2. The number of esters is 1. The summed E-state index contributed by atoms with van der Waals surface area (Å²) in [5, 5.41) is 0.837. The lowest BCUT2D eigenvalue weighted by Gasteiger charge is -2.21. The highest BCUT2D eigenvalue weighted by Gasteiger charge is 2.22. The van der Waals surface area contributed by atoms with E-state index in [-0.39, 0.29) is 23.3 Å². The molecule has 1 fully saturated rings. The van der Waals surface area contributed by atoms with Crippen molar-refractivity contribution in [2.75, 3.05) is 32.6 Å². The molecule has 9 heteroatoms. The largest absolute Gasteiger partial charge is 0.465 e. The number of amides is 1. The maximum absolute atomic E-state index is 13.3. The minimum atomic E-state index is -0.500. The standard InChI is InChI=1S/C23H29N3O5S/c1-5-25(12-15(2)3)20(27)14-32-23-24-19-11-16(22(29)30-4)8-9-18(19)21(28)26(23)13-17-7-6-10-31-17/h8-9,11,17H,2,5-7,10,12-14H2,1,3-4H3. The first-order valence-corrected chi connectivity index (χ1v) is 11.6. The summed E-state index contributed by atoms with van der Waals surface area (Å²) >= 11 is 1.22. The fourth-order valence-electron chi connectivity index (χ4n) is 3.63. The first-order chi connectivity index (χ1) is 15.3. The number of hydrogen-bond donors (Lipinski definition) is 0. The Labute approximate surface area is 191 Å². The number of nitrogens with zero attached hydrogens (tertiary/aromatic N) is 3. The summed E-state index contributed by atoms with van der Waals surface area (Å²) in [6.45, 7) is 9.80. The third-order valence-electron chi connectivity index (χ3n) is 5.27. The quantitative estimate of drug-likeness (QED) is 0.246. The summed E-state index contributed by atoms with van der Waals surface area (Å²) < 4.78 is 12.1. The van der Waals surface area contributed by atoms with Gasteiger partial charge in [0.2, 0.25) is 5.91 Å². The van der Waals surface area contributed by atoms with Crippen molar-refractivity contribution in [2.45, 2.75) is 44.5 Å². The van der Waals surface area contributed by atoms with Crippen LogP contribution in [0.2, 0.25) is 0 Å². The Morgan fingerprint density at radius 1 is 1.41 bits per heavy atom. The van der Waals surface area contributed by atoms with Crippen molar-refractivity contribution in [1.82, 2.24) is 14.5 Å². The van der Waals surface area contributed by atoms with Gasteiger partial charge in [0.25, 0.3) is 5.56 Å². The fourth-order valence-corrected chi connectivity index (χ4v) is 4.54. The number of benzene rings is 1. The predicted octanol–water partition coefficient (Wildman–Crippen LogP) is 2.88. The van der Waals surface area contributed by atoms with Gasteiger partial charge in [-0.05, 0) is 44.9 Å². The normalized spacial score (nSPS) is 15.7. The molecular formula is C23H29N3O5S. The average Bonchev–Trinajstić information content (AvgIpc) is 3.30. The van der Waals surface area contributed by atoms with Gasteiger partial charge in [-0.15, -0.1) is 0 Å². The van der Waals surface area contributed by atoms with Crippen LogP contribution in [0.15, 0.2) is 40.3 Å². The van der Waals surface area contributed by atoms with Crippen LogP contribution >= 0.6 is 11.8 Å². The van der Waals surface area contributed by atoms with Crippen LogP contribution in [0.3, 0.4) is 0 Å². The number of likely N-dealkylation sites (N-methyl/N-ethyl adjacent to an activating group) is 1. The maximum Gasteiger partial charge on any atom is 0.337 e. The number of fused-ring (bicyclic) bond motifs is 1. The Balaban J connectivity index is 1.96. The zero-order chi connectivity index (χ0) is 23.3. The molecule has 0 radical (unpaired) electrons. The molecule has 1 atom stereocenters. The highest BCUT2D eigenvalue weighted by Crippen LogP contribution is 2.22. The third-order valence-corrected chi connectivity index (χ3v) is 6.23. The smallest absolute Gasteiger partial charge is 0.337 e. The first kappa shape index (κ1) is 24.0. The molecule has 0 saturated carbocycles. The second-order valence-electron chi connectivity index (χ2n) is 7.82. The Morgan fingerprint density at radius 3 is 2.81 bits per heavy atom. The Hall–Kier alpha value is -2.65. The topological polar surface area (TPSA) is 90.7 Å². The van der Waals surface area contributed by atoms with Gasteiger partial charge in [-0.3, -0.25) is 14.2 Å². The second-order valence-corrected chi connectivity index (χ2v) is 8.76. The molecule has 1 aromatic carbocycles. The molecular weight excluding hydrogens is 430 g/mol. The van der Waals surface area contributed by atoms with Crippen molar-refractivity contribution in [3.8, 4) is 0 Å². The van der Waals surface area contributed by atoms with Crippen LogP contribution in [0.4, 0.5) is 0 Å². The number of carbonyl (C=O) groups is 2. The highest BCUT2D eigenvalue weighted by atomic mass is 32.2. The molecule has 8 nitrogen and oxygen atoms in total. The minimum Gasteiger partial charge on any atom is -0.465 e. The maximum atomic E-state index is 13.3. The van der Waals surface area contributed by atoms with Gasteiger partial charge in [-0.1, -0.05) is 23.9 Å². The molecule has 172 valence electrons. The Bertz CT molecular complexity index is 1080. The van der Waals surface area contributed by atoms with Gasteiger partial charge in [-0.2, -0.15) is 0 Å². The second kappa shape index (κ2) is 10.8. The van der Waals surface area contributed by atoms with Gasteiger partial charge in [0, 0.05) is 19.7 Å². The van der Waals surface area contributed by atoms with Crippen molar-refractivity contribution in [1.29, 1.82) is 0 Å². The van der Waals surface area contributed by atoms with Gasteiger partial charge in [0.1, 0.15) is 0 Å². The molecule has 1 aliphatic rings. The fraction of sp³-hybridized carbons (Fsp3) is 0.478. The zero-order valence-electron chi connectivity index (χ0n) is 18.8. The SMILES string of the molecule is C=C(C)CN(CC)C(=O)CSc1nc2cc(C(=O)OC)ccc2c(=O)n1CC1CCCO1. The monoisotopic (exact) mass is 459 g/mol. The molecule has 0 bridgehead atoms. The molecule has 1 aliphatic heterocycles. The molecule has 1 aromatic heterocycles. The Kier molecular flexibility index (Phi) is 8.09. The van der Waals surface area contributed by atoms with E-state index in [1.807, 2.05) is 13.8 Å². The number of thioether (sulfide) groups is 1. The van der Waals surface area contributed by atoms with Crippen LogP contribution in [0.25, 0.3) is 10.9 Å². The van der Waals surface area contributed by atoms with Crippen LogP contribution in [0.5, 0.6) is 0 Å². The lowest BCUT2D eigenvalue weighted by atomic mass is 10.1. The van der Waals surface area contributed by atoms with E-state index < -0.39 is 5.97 Å². The summed E-state index contributed by atoms with van der Waals surface area (Å²) in [7, 11) is 1.30. The van der Waals surface area contributed by atoms with Crippen LogP contribution in [-0.2, 0) is 20.8 Å². The first-order valence-electron chi connectivity index (χ1n) is 10.6. The molecule has 0 aliphatic carbocycles. The molecule has 1 amide bonds. The van der Waals surface area contributed by atoms with E-state index in [1.165, 1.54) is 18.9 Å². The van der Waals surface area contributed by atoms with Crippen molar-refractivity contribution in [3.63, 3.8) is 0 Å². The average molecular weight is 460 g/mol. The molecule has 0 N–H and O–H groups in total. The van der Waals surface area contributed by atoms with E-state index in [1.54, 1.807) is 27.7 Å². The number of methoxy groups -OCH3 is 1. The van der Waals surface area contributed by atoms with Gasteiger partial charge >= 0.3 is 5.97 Å². The van der Waals surface area contributed by atoms with E-state index >= 15 is 0 Å². The molecule has 0 spiro atoms. The lowest BCUT2D eigenvalue weighted by molar-refractivity contribution is -0.127. The van der Waals surface area contributed by atoms with E-state index in [4.69, 9.17) is 9.47 Å². The summed E-state index contributed by atoms with van der Waals surface area (Å²) in [4.78, 5) is 44.3. The number of hydrogen-bond acceptors (Lipinski definition) is 7. The van der Waals surface area contributed by atoms with Gasteiger partial charge in [-0.25, -0.2) is 9.78 Å². The summed E-state index contributed by atoms with van der Waals surface area (Å²) in [6.07, 6.45) is 1.76. The molecule has 2 aromatic rings. The molecule has 1 saturated heterocycles. The zero-order valence-corrected chi connectivity index (χ0v) is 19.6. The van der Waals surface area contributed by atoms with Crippen molar-refractivity contribution in [3.05, 3.63) is 46.3 Å². The van der Waals surface area contributed by atoms with Crippen molar-refractivity contribution < 1.29 is 19.1 Å². The summed E-state index contributed by atoms with van der Waals surface area (Å²) in [5.41, 5.74) is 1.39. The number of ether oxygens (including phenoxy) is 2. The predicted molar refractivity (Wildman–Crippen MR) is 124 cm³/mol. The molecule has 2 heterocycles. The summed E-state index contributed by atoms with van der Waals surface area (Å²) in [6, 6.07) is 4.69. The number of rotatable bonds is 9. The van der Waals surface area contributed by atoms with E-state index in [9.17, 15) is 14.4 Å². The van der Waals surface area contributed by atoms with E-state index in [0.29, 0.717) is 47.9 Å². The Morgan fingerprint density at radius 2 is 2.19 bits per heavy atom. The van der Waals surface area contributed by atoms with Gasteiger partial charge < -0.3 is 14.4 Å². The lowest BCUT2D eigenvalue weighted by Crippen LogP contribution is -2.34. The highest BCUT2D eigenvalue weighted by molar-refractivity contribution is 7.99. The van der Waals surface area contributed by atoms with Crippen molar-refractivity contribution >= 4 is 34.5 Å². The van der Waals surface area contributed by atoms with E-state index in [0.717, 1.165) is 18.4 Å². The number of carbonyl (C=O) groups excluding carboxylic acids is 2. The minimum absolute atomic E-state index is 0.0539. The van der Waals surface area contributed by atoms with Crippen LogP contribution in [0, 0.1) is 0 Å². The molecule has 32 heavy (non-hydrogen) atoms. The van der Waals surface area contributed by atoms with Gasteiger partial charge in [0.05, 0.1) is 42.0 Å².